The van der Waals surface area contributed by atoms with Crippen LogP contribution in [0.15, 0.2) is 30.5 Å². The fraction of sp³-hybridized carbons (Fsp3) is 0.550. The van der Waals surface area contributed by atoms with E-state index in [0.717, 1.165) is 24.1 Å². The van der Waals surface area contributed by atoms with E-state index < -0.39 is 11.7 Å². The molecule has 3 rings (SSSR count). The minimum absolute atomic E-state index is 0.0484. The smallest absolute Gasteiger partial charge is 0.408 e. The van der Waals surface area contributed by atoms with E-state index in [9.17, 15) is 9.59 Å². The number of fused-ring (bicyclic) bond motifs is 4. The Morgan fingerprint density at radius 2 is 2.12 bits per heavy atom. The molecule has 2 N–H and O–H groups in total. The second-order valence-electron chi connectivity index (χ2n) is 7.95. The van der Waals surface area contributed by atoms with Crippen molar-refractivity contribution in [2.45, 2.75) is 57.6 Å². The number of pyridine rings is 1. The fourth-order valence-corrected chi connectivity index (χ4v) is 3.20. The van der Waals surface area contributed by atoms with Crippen molar-refractivity contribution in [1.82, 2.24) is 15.6 Å². The summed E-state index contributed by atoms with van der Waals surface area (Å²) in [6.45, 7) is 6.16. The third kappa shape index (κ3) is 4.84. The largest absolute Gasteiger partial charge is 0.444 e. The van der Waals surface area contributed by atoms with E-state index in [4.69, 9.17) is 4.74 Å². The third-order valence-corrected chi connectivity index (χ3v) is 4.56. The van der Waals surface area contributed by atoms with Gasteiger partial charge in [0.25, 0.3) is 0 Å². The van der Waals surface area contributed by atoms with Crippen molar-refractivity contribution < 1.29 is 14.3 Å². The van der Waals surface area contributed by atoms with Crippen LogP contribution in [0.3, 0.4) is 0 Å². The van der Waals surface area contributed by atoms with E-state index in [-0.39, 0.29) is 23.8 Å². The van der Waals surface area contributed by atoms with Crippen LogP contribution >= 0.6 is 0 Å². The lowest BCUT2D eigenvalue weighted by Crippen LogP contribution is -2.35. The summed E-state index contributed by atoms with van der Waals surface area (Å²) >= 11 is 0. The second-order valence-corrected chi connectivity index (χ2v) is 7.95. The van der Waals surface area contributed by atoms with Gasteiger partial charge in [-0.3, -0.25) is 9.78 Å². The molecule has 1 aromatic rings. The van der Waals surface area contributed by atoms with Crippen molar-refractivity contribution in [3.05, 3.63) is 41.7 Å². The van der Waals surface area contributed by atoms with E-state index in [1.165, 1.54) is 0 Å². The van der Waals surface area contributed by atoms with Crippen LogP contribution in [0.5, 0.6) is 0 Å². The molecule has 3 atom stereocenters. The molecular weight excluding hydrogens is 330 g/mol. The normalized spacial score (nSPS) is 26.9. The van der Waals surface area contributed by atoms with Crippen LogP contribution in [0.1, 0.15) is 63.3 Å². The highest BCUT2D eigenvalue weighted by Gasteiger charge is 2.44. The summed E-state index contributed by atoms with van der Waals surface area (Å²) in [7, 11) is 0. The molecule has 0 radical (unpaired) electrons. The first kappa shape index (κ1) is 18.4. The number of carbonyl (C=O) groups is 2. The summed E-state index contributed by atoms with van der Waals surface area (Å²) < 4.78 is 5.39. The molecule has 6 heteroatoms. The molecule has 26 heavy (non-hydrogen) atoms. The quantitative estimate of drug-likeness (QED) is 0.756. The van der Waals surface area contributed by atoms with Crippen LogP contribution in [-0.4, -0.2) is 29.1 Å². The first-order chi connectivity index (χ1) is 12.3. The Kier molecular flexibility index (Phi) is 5.30. The highest BCUT2D eigenvalue weighted by Crippen LogP contribution is 2.47. The van der Waals surface area contributed by atoms with Gasteiger partial charge in [0.2, 0.25) is 5.91 Å². The zero-order valence-corrected chi connectivity index (χ0v) is 15.6. The minimum atomic E-state index is -0.550. The zero-order chi connectivity index (χ0) is 18.7. The average Bonchev–Trinajstić information content (AvgIpc) is 3.35. The molecule has 2 heterocycles. The number of ether oxygens (including phenoxy) is 1. The number of amides is 2. The van der Waals surface area contributed by atoms with Gasteiger partial charge in [-0.1, -0.05) is 12.2 Å². The predicted molar refractivity (Wildman–Crippen MR) is 98.6 cm³/mol. The van der Waals surface area contributed by atoms with Gasteiger partial charge in [0.05, 0.1) is 11.7 Å². The summed E-state index contributed by atoms with van der Waals surface area (Å²) in [5.74, 6) is 0.421. The Morgan fingerprint density at radius 3 is 2.88 bits per heavy atom. The van der Waals surface area contributed by atoms with Crippen LogP contribution in [0.4, 0.5) is 4.79 Å². The maximum atomic E-state index is 12.2. The molecule has 1 aliphatic carbocycles. The predicted octanol–water partition coefficient (Wildman–Crippen LogP) is 3.22. The second kappa shape index (κ2) is 7.48. The van der Waals surface area contributed by atoms with Crippen LogP contribution in [0.2, 0.25) is 0 Å². The van der Waals surface area contributed by atoms with Crippen molar-refractivity contribution in [3.8, 4) is 0 Å². The maximum absolute atomic E-state index is 12.2. The molecule has 0 spiro atoms. The van der Waals surface area contributed by atoms with Gasteiger partial charge in [-0.25, -0.2) is 4.79 Å². The van der Waals surface area contributed by atoms with E-state index in [0.29, 0.717) is 13.0 Å². The third-order valence-electron chi connectivity index (χ3n) is 4.56. The summed E-state index contributed by atoms with van der Waals surface area (Å²) in [6, 6.07) is 3.70. The van der Waals surface area contributed by atoms with Gasteiger partial charge in [-0.05, 0) is 63.6 Å². The molecule has 1 aliphatic heterocycles. The van der Waals surface area contributed by atoms with Crippen LogP contribution < -0.4 is 10.6 Å². The molecule has 2 amide bonds. The number of nitrogens with one attached hydrogen (secondary N) is 2. The van der Waals surface area contributed by atoms with Crippen LogP contribution in [-0.2, 0) is 9.53 Å². The number of hydrogen-bond donors (Lipinski definition) is 2. The van der Waals surface area contributed by atoms with Crippen molar-refractivity contribution >= 4 is 12.0 Å². The fourth-order valence-electron chi connectivity index (χ4n) is 3.20. The molecule has 2 bridgehead atoms. The molecule has 0 saturated heterocycles. The zero-order valence-electron chi connectivity index (χ0n) is 15.6. The lowest BCUT2D eigenvalue weighted by molar-refractivity contribution is -0.122. The first-order valence-corrected chi connectivity index (χ1v) is 9.21. The van der Waals surface area contributed by atoms with Crippen molar-refractivity contribution in [3.63, 3.8) is 0 Å². The summed E-state index contributed by atoms with van der Waals surface area (Å²) in [4.78, 5) is 28.9. The van der Waals surface area contributed by atoms with Gasteiger partial charge < -0.3 is 15.4 Å². The van der Waals surface area contributed by atoms with Crippen molar-refractivity contribution in [1.29, 1.82) is 0 Å². The van der Waals surface area contributed by atoms with E-state index in [1.807, 2.05) is 45.1 Å². The van der Waals surface area contributed by atoms with Gasteiger partial charge in [0.15, 0.2) is 0 Å². The Balaban J connectivity index is 1.81. The first-order valence-electron chi connectivity index (χ1n) is 9.21. The topological polar surface area (TPSA) is 80.3 Å². The molecule has 2 aliphatic rings. The van der Waals surface area contributed by atoms with Crippen molar-refractivity contribution in [2.24, 2.45) is 5.92 Å². The molecule has 6 nitrogen and oxygen atoms in total. The van der Waals surface area contributed by atoms with E-state index in [1.54, 1.807) is 6.20 Å². The Labute approximate surface area is 154 Å². The van der Waals surface area contributed by atoms with Gasteiger partial charge in [0.1, 0.15) is 5.60 Å². The molecular formula is C20H27N3O3. The van der Waals surface area contributed by atoms with Crippen molar-refractivity contribution in [2.75, 3.05) is 6.54 Å². The van der Waals surface area contributed by atoms with Gasteiger partial charge in [-0.2, -0.15) is 0 Å². The molecule has 140 valence electrons. The van der Waals surface area contributed by atoms with Gasteiger partial charge in [0, 0.05) is 18.7 Å². The molecule has 0 aromatic carbocycles. The summed E-state index contributed by atoms with van der Waals surface area (Å²) in [6.07, 6.45) is 7.61. The number of nitrogens with zero attached hydrogens (tertiary/aromatic N) is 1. The van der Waals surface area contributed by atoms with Gasteiger partial charge in [-0.15, -0.1) is 0 Å². The maximum Gasteiger partial charge on any atom is 0.408 e. The lowest BCUT2D eigenvalue weighted by atomic mass is 10.0. The van der Waals surface area contributed by atoms with Crippen LogP contribution in [0, 0.1) is 5.92 Å². The number of alkyl carbamates (subject to hydrolysis) is 1. The minimum Gasteiger partial charge on any atom is -0.444 e. The molecule has 1 aromatic heterocycles. The Morgan fingerprint density at radius 1 is 1.31 bits per heavy atom. The Hall–Kier alpha value is -2.37. The SMILES string of the molecule is CC(C)(C)OC(=O)N[C@H]1C/C=C\CCNC(=O)[C@@H]2C[C@@H]2c2ccnc1c2. The van der Waals surface area contributed by atoms with E-state index in [2.05, 4.69) is 15.6 Å². The molecule has 0 unspecified atom stereocenters. The number of aromatic nitrogens is 1. The summed E-state index contributed by atoms with van der Waals surface area (Å²) in [5.41, 5.74) is 1.35. The Bertz CT molecular complexity index is 708. The lowest BCUT2D eigenvalue weighted by Gasteiger charge is -2.23. The highest BCUT2D eigenvalue weighted by atomic mass is 16.6. The van der Waals surface area contributed by atoms with Crippen LogP contribution in [0.25, 0.3) is 0 Å². The van der Waals surface area contributed by atoms with E-state index >= 15 is 0 Å². The average molecular weight is 357 g/mol. The summed E-state index contributed by atoms with van der Waals surface area (Å²) in [5, 5.41) is 5.93. The monoisotopic (exact) mass is 357 g/mol. The molecule has 1 fully saturated rings. The highest BCUT2D eigenvalue weighted by molar-refractivity contribution is 5.82. The number of rotatable bonds is 1. The number of hydrogen-bond acceptors (Lipinski definition) is 4. The number of carbonyl (C=O) groups excluding carboxylic acids is 2. The standard InChI is InChI=1S/C20H27N3O3/c1-20(2,3)26-19(25)23-16-7-5-4-6-9-22-18(24)15-12-14(15)13-8-10-21-17(16)11-13/h4-5,8,10-11,14-16H,6-7,9,12H2,1-3H3,(H,22,24)(H,23,25)/b5-4-/t14-,15-,16+/m1/s1. The molecule has 1 saturated carbocycles. The van der Waals surface area contributed by atoms with Gasteiger partial charge >= 0.3 is 6.09 Å².